The number of aryl methyl sites for hydroxylation is 1. The summed E-state index contributed by atoms with van der Waals surface area (Å²) in [7, 11) is 1.05. The van der Waals surface area contributed by atoms with Crippen LogP contribution in [0.1, 0.15) is 47.1 Å². The molecule has 0 aliphatic rings. The summed E-state index contributed by atoms with van der Waals surface area (Å²) in [4.78, 5) is 15.6. The maximum Gasteiger partial charge on any atom is 0.417 e. The lowest BCUT2D eigenvalue weighted by Crippen LogP contribution is -2.19. The maximum absolute atomic E-state index is 12.9. The van der Waals surface area contributed by atoms with Crippen molar-refractivity contribution in [1.82, 2.24) is 4.98 Å². The van der Waals surface area contributed by atoms with Crippen molar-refractivity contribution in [1.29, 1.82) is 0 Å². The Kier molecular flexibility index (Phi) is 3.98. The molecule has 6 heteroatoms. The Labute approximate surface area is 103 Å². The molecule has 0 atom stereocenters. The summed E-state index contributed by atoms with van der Waals surface area (Å²) in [5.41, 5.74) is -1.16. The zero-order chi connectivity index (χ0) is 14.1. The third-order valence-corrected chi connectivity index (χ3v) is 2.42. The van der Waals surface area contributed by atoms with Crippen LogP contribution in [-0.4, -0.2) is 18.1 Å². The molecule has 18 heavy (non-hydrogen) atoms. The summed E-state index contributed by atoms with van der Waals surface area (Å²) >= 11 is 0. The number of rotatable bonds is 2. The average Bonchev–Trinajstić information content (AvgIpc) is 2.25. The molecule has 0 aliphatic carbocycles. The number of halogens is 3. The van der Waals surface area contributed by atoms with E-state index >= 15 is 0 Å². The molecular weight excluding hydrogens is 247 g/mol. The number of pyridine rings is 1. The van der Waals surface area contributed by atoms with Gasteiger partial charge in [0.25, 0.3) is 0 Å². The highest BCUT2D eigenvalue weighted by molar-refractivity contribution is 5.92. The van der Waals surface area contributed by atoms with Gasteiger partial charge in [-0.2, -0.15) is 13.2 Å². The highest BCUT2D eigenvalue weighted by atomic mass is 19.4. The molecular formula is C12H14F3NO2. The third kappa shape index (κ3) is 2.80. The Morgan fingerprint density at radius 2 is 1.94 bits per heavy atom. The van der Waals surface area contributed by atoms with E-state index in [1.807, 2.05) is 0 Å². The van der Waals surface area contributed by atoms with Gasteiger partial charge in [-0.1, -0.05) is 13.8 Å². The van der Waals surface area contributed by atoms with Crippen LogP contribution in [-0.2, 0) is 10.9 Å². The van der Waals surface area contributed by atoms with Crippen LogP contribution in [0, 0.1) is 6.92 Å². The van der Waals surface area contributed by atoms with E-state index < -0.39 is 23.3 Å². The van der Waals surface area contributed by atoms with E-state index in [1.54, 1.807) is 13.8 Å². The lowest BCUT2D eigenvalue weighted by molar-refractivity contribution is -0.138. The fraction of sp³-hybridized carbons (Fsp3) is 0.500. The third-order valence-electron chi connectivity index (χ3n) is 2.42. The normalized spacial score (nSPS) is 11.8. The Morgan fingerprint density at radius 3 is 2.33 bits per heavy atom. The van der Waals surface area contributed by atoms with Gasteiger partial charge >= 0.3 is 12.1 Å². The van der Waals surface area contributed by atoms with Gasteiger partial charge in [0.1, 0.15) is 0 Å². The molecule has 1 heterocycles. The molecule has 0 saturated heterocycles. The zero-order valence-corrected chi connectivity index (χ0v) is 10.6. The first kappa shape index (κ1) is 14.5. The van der Waals surface area contributed by atoms with Crippen LogP contribution in [0.2, 0.25) is 0 Å². The Hall–Kier alpha value is -1.59. The minimum Gasteiger partial charge on any atom is -0.465 e. The molecule has 0 amide bonds. The van der Waals surface area contributed by atoms with Crippen LogP contribution in [0.15, 0.2) is 6.07 Å². The van der Waals surface area contributed by atoms with Gasteiger partial charge < -0.3 is 4.74 Å². The highest BCUT2D eigenvalue weighted by Crippen LogP contribution is 2.35. The van der Waals surface area contributed by atoms with Gasteiger partial charge in [0, 0.05) is 5.69 Å². The minimum atomic E-state index is -4.61. The quantitative estimate of drug-likeness (QED) is 0.766. The van der Waals surface area contributed by atoms with Crippen molar-refractivity contribution in [2.45, 2.75) is 32.9 Å². The first-order valence-electron chi connectivity index (χ1n) is 5.35. The smallest absolute Gasteiger partial charge is 0.417 e. The second-order valence-corrected chi connectivity index (χ2v) is 4.22. The molecule has 0 saturated carbocycles. The van der Waals surface area contributed by atoms with Crippen molar-refractivity contribution in [3.63, 3.8) is 0 Å². The lowest BCUT2D eigenvalue weighted by Gasteiger charge is -2.17. The number of methoxy groups -OCH3 is 1. The van der Waals surface area contributed by atoms with Gasteiger partial charge in [0.05, 0.1) is 23.9 Å². The molecule has 1 rings (SSSR count). The van der Waals surface area contributed by atoms with Gasteiger partial charge in [-0.3, -0.25) is 4.98 Å². The SMILES string of the molecule is COC(=O)c1c(C(F)(F)F)cc(C)nc1C(C)C. The van der Waals surface area contributed by atoms with E-state index in [0.29, 0.717) is 0 Å². The molecule has 0 unspecified atom stereocenters. The van der Waals surface area contributed by atoms with E-state index in [9.17, 15) is 18.0 Å². The van der Waals surface area contributed by atoms with E-state index in [0.717, 1.165) is 13.2 Å². The van der Waals surface area contributed by atoms with E-state index in [2.05, 4.69) is 9.72 Å². The fourth-order valence-corrected chi connectivity index (χ4v) is 1.66. The molecule has 100 valence electrons. The van der Waals surface area contributed by atoms with Crippen LogP contribution in [0.25, 0.3) is 0 Å². The summed E-state index contributed by atoms with van der Waals surface area (Å²) in [5, 5.41) is 0. The number of alkyl halides is 3. The number of aromatic nitrogens is 1. The predicted molar refractivity (Wildman–Crippen MR) is 59.4 cm³/mol. The predicted octanol–water partition coefficient (Wildman–Crippen LogP) is 3.32. The van der Waals surface area contributed by atoms with Crippen molar-refractivity contribution >= 4 is 5.97 Å². The molecule has 0 spiro atoms. The second-order valence-electron chi connectivity index (χ2n) is 4.22. The molecule has 3 nitrogen and oxygen atoms in total. The largest absolute Gasteiger partial charge is 0.465 e. The number of nitrogens with zero attached hydrogens (tertiary/aromatic N) is 1. The topological polar surface area (TPSA) is 39.2 Å². The number of ether oxygens (including phenoxy) is 1. The summed E-state index contributed by atoms with van der Waals surface area (Å²) in [6, 6.07) is 0.859. The summed E-state index contributed by atoms with van der Waals surface area (Å²) in [6.45, 7) is 4.81. The van der Waals surface area contributed by atoms with Gasteiger partial charge in [-0.25, -0.2) is 4.79 Å². The van der Waals surface area contributed by atoms with E-state index in [1.165, 1.54) is 6.92 Å². The standard InChI is InChI=1S/C12H14F3NO2/c1-6(2)10-9(11(17)18-4)8(12(13,14)15)5-7(3)16-10/h5-6H,1-4H3. The van der Waals surface area contributed by atoms with Crippen molar-refractivity contribution in [2.75, 3.05) is 7.11 Å². The summed E-state index contributed by atoms with van der Waals surface area (Å²) < 4.78 is 43.2. The van der Waals surface area contributed by atoms with Crippen LogP contribution >= 0.6 is 0 Å². The number of carbonyl (C=O) groups excluding carboxylic acids is 1. The van der Waals surface area contributed by atoms with E-state index in [4.69, 9.17) is 0 Å². The van der Waals surface area contributed by atoms with Gasteiger partial charge in [-0.05, 0) is 18.9 Å². The number of hydrogen-bond donors (Lipinski definition) is 0. The molecule has 1 aromatic rings. The van der Waals surface area contributed by atoms with Crippen LogP contribution in [0.3, 0.4) is 0 Å². The zero-order valence-electron chi connectivity index (χ0n) is 10.6. The maximum atomic E-state index is 12.9. The number of hydrogen-bond acceptors (Lipinski definition) is 3. The van der Waals surface area contributed by atoms with E-state index in [-0.39, 0.29) is 17.3 Å². The minimum absolute atomic E-state index is 0.106. The second kappa shape index (κ2) is 4.96. The molecule has 0 aromatic carbocycles. The fourth-order valence-electron chi connectivity index (χ4n) is 1.66. The van der Waals surface area contributed by atoms with Crippen LogP contribution in [0.4, 0.5) is 13.2 Å². The molecule has 1 aromatic heterocycles. The van der Waals surface area contributed by atoms with Crippen molar-refractivity contribution < 1.29 is 22.7 Å². The number of esters is 1. The van der Waals surface area contributed by atoms with Crippen molar-refractivity contribution in [2.24, 2.45) is 0 Å². The van der Waals surface area contributed by atoms with Gasteiger partial charge in [0.15, 0.2) is 0 Å². The van der Waals surface area contributed by atoms with Gasteiger partial charge in [-0.15, -0.1) is 0 Å². The summed E-state index contributed by atoms with van der Waals surface area (Å²) in [5.74, 6) is -1.32. The molecule has 0 radical (unpaired) electrons. The first-order valence-corrected chi connectivity index (χ1v) is 5.35. The van der Waals surface area contributed by atoms with Crippen molar-refractivity contribution in [3.8, 4) is 0 Å². The summed E-state index contributed by atoms with van der Waals surface area (Å²) in [6.07, 6.45) is -4.61. The monoisotopic (exact) mass is 261 g/mol. The Balaban J connectivity index is 3.64. The van der Waals surface area contributed by atoms with Gasteiger partial charge in [0.2, 0.25) is 0 Å². The Bertz CT molecular complexity index is 467. The number of carbonyl (C=O) groups is 1. The molecule has 0 fully saturated rings. The highest BCUT2D eigenvalue weighted by Gasteiger charge is 2.38. The molecule has 0 aliphatic heterocycles. The van der Waals surface area contributed by atoms with Crippen LogP contribution < -0.4 is 0 Å². The van der Waals surface area contributed by atoms with Crippen LogP contribution in [0.5, 0.6) is 0 Å². The Morgan fingerprint density at radius 1 is 1.39 bits per heavy atom. The van der Waals surface area contributed by atoms with Crippen molar-refractivity contribution in [3.05, 3.63) is 28.6 Å². The molecule has 0 N–H and O–H groups in total. The molecule has 0 bridgehead atoms. The average molecular weight is 261 g/mol. The first-order chi connectivity index (χ1) is 8.18. The lowest BCUT2D eigenvalue weighted by atomic mass is 9.98.